The van der Waals surface area contributed by atoms with Crippen molar-refractivity contribution in [2.24, 2.45) is 0 Å². The van der Waals surface area contributed by atoms with Crippen LogP contribution in [0.25, 0.3) is 11.6 Å². The molecule has 2 heterocycles. The molecule has 0 saturated heterocycles. The van der Waals surface area contributed by atoms with Gasteiger partial charge in [-0.25, -0.2) is 9.97 Å². The summed E-state index contributed by atoms with van der Waals surface area (Å²) in [5.41, 5.74) is 0. The van der Waals surface area contributed by atoms with Crippen molar-refractivity contribution in [1.29, 1.82) is 0 Å². The fourth-order valence-electron chi connectivity index (χ4n) is 1.29. The van der Waals surface area contributed by atoms with Gasteiger partial charge in [-0.1, -0.05) is 6.92 Å². The summed E-state index contributed by atoms with van der Waals surface area (Å²) in [6.45, 7) is 3.00. The Morgan fingerprint density at radius 3 is 2.88 bits per heavy atom. The monoisotopic (exact) mass is 359 g/mol. The number of anilines is 1. The molecule has 90 valence electrons. The Bertz CT molecular complexity index is 494. The highest BCUT2D eigenvalue weighted by Gasteiger charge is 2.11. The highest BCUT2D eigenvalue weighted by atomic mass is 79.9. The second-order valence-corrected chi connectivity index (χ2v) is 5.00. The summed E-state index contributed by atoms with van der Waals surface area (Å²) in [6.07, 6.45) is 2.77. The molecule has 0 radical (unpaired) electrons. The standard InChI is InChI=1S/C11H11Br2N3O/c1-2-4-14-9-3-5-15-11(16-9)8-6-7(12)10(13)17-8/h3,5-6H,2,4H2,1H3,(H,14,15,16). The highest BCUT2D eigenvalue weighted by Crippen LogP contribution is 2.31. The van der Waals surface area contributed by atoms with Gasteiger partial charge in [-0.15, -0.1) is 0 Å². The van der Waals surface area contributed by atoms with E-state index in [1.807, 2.05) is 12.1 Å². The van der Waals surface area contributed by atoms with Crippen LogP contribution in [-0.4, -0.2) is 16.5 Å². The largest absolute Gasteiger partial charge is 0.445 e. The number of hydrogen-bond donors (Lipinski definition) is 1. The summed E-state index contributed by atoms with van der Waals surface area (Å²) >= 11 is 6.65. The average Bonchev–Trinajstić information content (AvgIpc) is 2.68. The van der Waals surface area contributed by atoms with Crippen LogP contribution in [0, 0.1) is 0 Å². The second kappa shape index (κ2) is 5.64. The molecule has 0 aliphatic carbocycles. The van der Waals surface area contributed by atoms with E-state index in [1.165, 1.54) is 0 Å². The van der Waals surface area contributed by atoms with Crippen molar-refractivity contribution in [1.82, 2.24) is 9.97 Å². The first-order valence-electron chi connectivity index (χ1n) is 5.23. The van der Waals surface area contributed by atoms with Crippen LogP contribution in [-0.2, 0) is 0 Å². The van der Waals surface area contributed by atoms with Crippen LogP contribution >= 0.6 is 31.9 Å². The Kier molecular flexibility index (Phi) is 4.17. The van der Waals surface area contributed by atoms with E-state index in [0.717, 1.165) is 23.3 Å². The first kappa shape index (κ1) is 12.6. The van der Waals surface area contributed by atoms with E-state index in [2.05, 4.69) is 54.1 Å². The van der Waals surface area contributed by atoms with Crippen molar-refractivity contribution < 1.29 is 4.42 Å². The quantitative estimate of drug-likeness (QED) is 0.892. The van der Waals surface area contributed by atoms with E-state index < -0.39 is 0 Å². The summed E-state index contributed by atoms with van der Waals surface area (Å²) in [4.78, 5) is 8.56. The molecule has 0 atom stereocenters. The second-order valence-electron chi connectivity index (χ2n) is 3.42. The third-order valence-electron chi connectivity index (χ3n) is 2.08. The third-order valence-corrected chi connectivity index (χ3v) is 3.79. The van der Waals surface area contributed by atoms with Crippen molar-refractivity contribution in [2.45, 2.75) is 13.3 Å². The molecule has 0 amide bonds. The Balaban J connectivity index is 2.26. The van der Waals surface area contributed by atoms with Crippen LogP contribution in [0.5, 0.6) is 0 Å². The zero-order valence-corrected chi connectivity index (χ0v) is 12.4. The predicted octanol–water partition coefficient (Wildman–Crippen LogP) is 4.08. The smallest absolute Gasteiger partial charge is 0.197 e. The third kappa shape index (κ3) is 3.07. The summed E-state index contributed by atoms with van der Waals surface area (Å²) in [5.74, 6) is 2.00. The van der Waals surface area contributed by atoms with Gasteiger partial charge in [-0.3, -0.25) is 0 Å². The van der Waals surface area contributed by atoms with Crippen LogP contribution in [0.15, 0.2) is 31.9 Å². The molecular formula is C11H11Br2N3O. The molecule has 2 aromatic rings. The molecule has 0 aliphatic rings. The minimum Gasteiger partial charge on any atom is -0.445 e. The van der Waals surface area contributed by atoms with E-state index >= 15 is 0 Å². The summed E-state index contributed by atoms with van der Waals surface area (Å²) in [7, 11) is 0. The summed E-state index contributed by atoms with van der Waals surface area (Å²) < 4.78 is 6.97. The minimum absolute atomic E-state index is 0.567. The maximum absolute atomic E-state index is 5.48. The number of furan rings is 1. The molecule has 0 unspecified atom stereocenters. The van der Waals surface area contributed by atoms with Gasteiger partial charge in [-0.2, -0.15) is 0 Å². The van der Waals surface area contributed by atoms with Crippen molar-refractivity contribution in [3.8, 4) is 11.6 Å². The molecule has 4 nitrogen and oxygen atoms in total. The van der Waals surface area contributed by atoms with Crippen molar-refractivity contribution in [3.63, 3.8) is 0 Å². The number of hydrogen-bond acceptors (Lipinski definition) is 4. The van der Waals surface area contributed by atoms with E-state index in [0.29, 0.717) is 16.3 Å². The minimum atomic E-state index is 0.567. The molecular weight excluding hydrogens is 350 g/mol. The number of halogens is 2. The fraction of sp³-hybridized carbons (Fsp3) is 0.273. The molecule has 17 heavy (non-hydrogen) atoms. The van der Waals surface area contributed by atoms with Crippen LogP contribution < -0.4 is 5.32 Å². The van der Waals surface area contributed by atoms with Crippen LogP contribution in [0.4, 0.5) is 5.82 Å². The van der Waals surface area contributed by atoms with Crippen LogP contribution in [0.3, 0.4) is 0 Å². The van der Waals surface area contributed by atoms with Gasteiger partial charge in [-0.05, 0) is 44.3 Å². The molecule has 0 fully saturated rings. The lowest BCUT2D eigenvalue weighted by Gasteiger charge is -2.03. The van der Waals surface area contributed by atoms with Gasteiger partial charge in [0.15, 0.2) is 16.3 Å². The Morgan fingerprint density at radius 2 is 2.24 bits per heavy atom. The summed E-state index contributed by atoms with van der Waals surface area (Å²) in [5, 5.41) is 3.21. The molecule has 0 aromatic carbocycles. The number of aromatic nitrogens is 2. The predicted molar refractivity (Wildman–Crippen MR) is 73.9 cm³/mol. The van der Waals surface area contributed by atoms with Crippen LogP contribution in [0.2, 0.25) is 0 Å². The number of nitrogens with zero attached hydrogens (tertiary/aromatic N) is 2. The van der Waals surface area contributed by atoms with E-state index in [4.69, 9.17) is 4.42 Å². The van der Waals surface area contributed by atoms with Gasteiger partial charge < -0.3 is 9.73 Å². The van der Waals surface area contributed by atoms with Crippen molar-refractivity contribution in [3.05, 3.63) is 27.5 Å². The topological polar surface area (TPSA) is 51.0 Å². The van der Waals surface area contributed by atoms with Crippen molar-refractivity contribution >= 4 is 37.7 Å². The first-order valence-corrected chi connectivity index (χ1v) is 6.81. The SMILES string of the molecule is CCCNc1ccnc(-c2cc(Br)c(Br)o2)n1. The van der Waals surface area contributed by atoms with E-state index in [1.54, 1.807) is 6.20 Å². The maximum atomic E-state index is 5.48. The molecule has 0 spiro atoms. The average molecular weight is 361 g/mol. The maximum Gasteiger partial charge on any atom is 0.197 e. The first-order chi connectivity index (χ1) is 8.20. The van der Waals surface area contributed by atoms with Gasteiger partial charge >= 0.3 is 0 Å². The molecule has 6 heteroatoms. The molecule has 0 bridgehead atoms. The van der Waals surface area contributed by atoms with Gasteiger partial charge in [0.2, 0.25) is 0 Å². The fourth-order valence-corrected chi connectivity index (χ4v) is 1.86. The van der Waals surface area contributed by atoms with E-state index in [9.17, 15) is 0 Å². The van der Waals surface area contributed by atoms with Crippen molar-refractivity contribution in [2.75, 3.05) is 11.9 Å². The lowest BCUT2D eigenvalue weighted by Crippen LogP contribution is -2.02. The molecule has 1 N–H and O–H groups in total. The van der Waals surface area contributed by atoms with Gasteiger partial charge in [0, 0.05) is 18.8 Å². The Morgan fingerprint density at radius 1 is 1.41 bits per heavy atom. The van der Waals surface area contributed by atoms with Crippen LogP contribution in [0.1, 0.15) is 13.3 Å². The normalized spacial score (nSPS) is 10.5. The van der Waals surface area contributed by atoms with Gasteiger partial charge in [0.1, 0.15) is 5.82 Å². The zero-order valence-electron chi connectivity index (χ0n) is 9.20. The van der Waals surface area contributed by atoms with E-state index in [-0.39, 0.29) is 0 Å². The highest BCUT2D eigenvalue weighted by molar-refractivity contribution is 9.13. The molecule has 0 saturated carbocycles. The Labute approximate surface area is 116 Å². The lowest BCUT2D eigenvalue weighted by atomic mass is 10.4. The van der Waals surface area contributed by atoms with Gasteiger partial charge in [0.25, 0.3) is 0 Å². The lowest BCUT2D eigenvalue weighted by molar-refractivity contribution is 0.549. The van der Waals surface area contributed by atoms with Gasteiger partial charge in [0.05, 0.1) is 4.47 Å². The molecule has 2 aromatic heterocycles. The zero-order chi connectivity index (χ0) is 12.3. The summed E-state index contributed by atoms with van der Waals surface area (Å²) in [6, 6.07) is 3.68. The molecule has 2 rings (SSSR count). The Hall–Kier alpha value is -0.880. The number of nitrogens with one attached hydrogen (secondary N) is 1. The molecule has 0 aliphatic heterocycles. The number of rotatable bonds is 4.